The van der Waals surface area contributed by atoms with Gasteiger partial charge < -0.3 is 20.4 Å². The summed E-state index contributed by atoms with van der Waals surface area (Å²) < 4.78 is 0. The van der Waals surface area contributed by atoms with Gasteiger partial charge >= 0.3 is 5.97 Å². The summed E-state index contributed by atoms with van der Waals surface area (Å²) >= 11 is 0. The number of carboxylic acid groups (broad SMARTS) is 1. The van der Waals surface area contributed by atoms with Crippen molar-refractivity contribution in [2.24, 2.45) is 46.3 Å². The maximum Gasteiger partial charge on any atom is 0.303 e. The van der Waals surface area contributed by atoms with Crippen LogP contribution in [0.1, 0.15) is 78.6 Å². The molecule has 5 nitrogen and oxygen atoms in total. The van der Waals surface area contributed by atoms with Crippen molar-refractivity contribution < 1.29 is 25.2 Å². The lowest BCUT2D eigenvalue weighted by molar-refractivity contribution is -0.207. The van der Waals surface area contributed by atoms with Crippen LogP contribution in [0, 0.1) is 46.3 Å². The summed E-state index contributed by atoms with van der Waals surface area (Å²) in [6.07, 6.45) is 6.00. The maximum atomic E-state index is 11.5. The summed E-state index contributed by atoms with van der Waals surface area (Å²) in [7, 11) is 0. The van der Waals surface area contributed by atoms with Crippen molar-refractivity contribution in [1.82, 2.24) is 0 Å². The number of aliphatic hydroxyl groups excluding tert-OH is 3. The second kappa shape index (κ2) is 7.49. The van der Waals surface area contributed by atoms with E-state index in [-0.39, 0.29) is 41.3 Å². The average Bonchev–Trinajstić information content (AvgIpc) is 3.01. The Bertz CT molecular complexity index is 637. The molecule has 0 spiro atoms. The lowest BCUT2D eigenvalue weighted by Crippen LogP contribution is -2.62. The zero-order chi connectivity index (χ0) is 21.1. The number of hydrogen-bond acceptors (Lipinski definition) is 4. The Morgan fingerprint density at radius 3 is 2.45 bits per heavy atom. The number of carbonyl (C=O) groups is 1. The van der Waals surface area contributed by atoms with Gasteiger partial charge in [-0.2, -0.15) is 0 Å². The van der Waals surface area contributed by atoms with Crippen molar-refractivity contribution in [1.29, 1.82) is 0 Å². The first-order valence-corrected chi connectivity index (χ1v) is 11.8. The quantitative estimate of drug-likeness (QED) is 0.571. The molecule has 4 saturated carbocycles. The van der Waals surface area contributed by atoms with Crippen LogP contribution in [-0.4, -0.2) is 44.7 Å². The van der Waals surface area contributed by atoms with Gasteiger partial charge in [0, 0.05) is 6.42 Å². The third-order valence-corrected chi connectivity index (χ3v) is 10.3. The highest BCUT2D eigenvalue weighted by Gasteiger charge is 2.65. The van der Waals surface area contributed by atoms with E-state index in [0.717, 1.165) is 44.9 Å². The first-order valence-electron chi connectivity index (χ1n) is 11.8. The molecule has 0 amide bonds. The summed E-state index contributed by atoms with van der Waals surface area (Å²) in [6, 6.07) is 0. The molecular weight excluding hydrogens is 368 g/mol. The smallest absolute Gasteiger partial charge is 0.303 e. The Morgan fingerprint density at radius 2 is 1.76 bits per heavy atom. The van der Waals surface area contributed by atoms with E-state index in [0.29, 0.717) is 30.1 Å². The monoisotopic (exact) mass is 408 g/mol. The van der Waals surface area contributed by atoms with Crippen LogP contribution in [0.3, 0.4) is 0 Å². The first-order chi connectivity index (χ1) is 13.6. The fourth-order valence-electron chi connectivity index (χ4n) is 8.68. The summed E-state index contributed by atoms with van der Waals surface area (Å²) in [5, 5.41) is 42.0. The van der Waals surface area contributed by atoms with Crippen molar-refractivity contribution in [3.8, 4) is 0 Å². The van der Waals surface area contributed by atoms with Gasteiger partial charge in [-0.25, -0.2) is 0 Å². The van der Waals surface area contributed by atoms with Crippen LogP contribution in [-0.2, 0) is 4.79 Å². The Labute approximate surface area is 174 Å². The van der Waals surface area contributed by atoms with Gasteiger partial charge in [-0.3, -0.25) is 4.79 Å². The SMILES string of the molecule is C[C@H](CCC(=O)O)[C@H]1CC[C@H]2[C@@H]3[C@H](O)C[C@@H]4C[C@@H](O)CC[C@]4(C)[C@H]3C[C@H](O)[C@]12C. The molecule has 4 aliphatic carbocycles. The number of fused-ring (bicyclic) bond motifs is 5. The summed E-state index contributed by atoms with van der Waals surface area (Å²) in [6.45, 7) is 6.72. The zero-order valence-electron chi connectivity index (χ0n) is 18.3. The van der Waals surface area contributed by atoms with E-state index in [1.807, 2.05) is 0 Å². The first kappa shape index (κ1) is 21.6. The number of hydrogen-bond donors (Lipinski definition) is 4. The molecule has 0 unspecified atom stereocenters. The average molecular weight is 409 g/mol. The third-order valence-electron chi connectivity index (χ3n) is 10.3. The van der Waals surface area contributed by atoms with Crippen LogP contribution in [0.5, 0.6) is 0 Å². The molecule has 0 aromatic heterocycles. The minimum Gasteiger partial charge on any atom is -0.481 e. The van der Waals surface area contributed by atoms with E-state index in [2.05, 4.69) is 20.8 Å². The van der Waals surface area contributed by atoms with Gasteiger partial charge in [0.15, 0.2) is 0 Å². The van der Waals surface area contributed by atoms with E-state index in [1.165, 1.54) is 0 Å². The maximum absolute atomic E-state index is 11.5. The Hall–Kier alpha value is -0.650. The minimum absolute atomic E-state index is 0.0957. The zero-order valence-corrected chi connectivity index (χ0v) is 18.3. The molecule has 0 radical (unpaired) electrons. The molecule has 166 valence electrons. The molecule has 4 rings (SSSR count). The van der Waals surface area contributed by atoms with Crippen molar-refractivity contribution in [2.45, 2.75) is 96.9 Å². The largest absolute Gasteiger partial charge is 0.481 e. The Morgan fingerprint density at radius 1 is 1.03 bits per heavy atom. The van der Waals surface area contributed by atoms with Gasteiger partial charge in [0.1, 0.15) is 0 Å². The summed E-state index contributed by atoms with van der Waals surface area (Å²) in [4.78, 5) is 11.1. The molecule has 0 saturated heterocycles. The number of aliphatic hydroxyl groups is 3. The van der Waals surface area contributed by atoms with Gasteiger partial charge in [-0.15, -0.1) is 0 Å². The van der Waals surface area contributed by atoms with E-state index >= 15 is 0 Å². The van der Waals surface area contributed by atoms with E-state index in [1.54, 1.807) is 0 Å². The molecule has 11 atom stereocenters. The molecule has 0 aromatic rings. The van der Waals surface area contributed by atoms with Gasteiger partial charge in [0.2, 0.25) is 0 Å². The molecule has 4 fully saturated rings. The number of carboxylic acids is 1. The van der Waals surface area contributed by atoms with Gasteiger partial charge in [-0.1, -0.05) is 20.8 Å². The Kier molecular flexibility index (Phi) is 5.57. The molecule has 29 heavy (non-hydrogen) atoms. The molecule has 0 bridgehead atoms. The summed E-state index contributed by atoms with van der Waals surface area (Å²) in [5.74, 6) is 0.997. The van der Waals surface area contributed by atoms with Gasteiger partial charge in [-0.05, 0) is 97.7 Å². The van der Waals surface area contributed by atoms with Crippen molar-refractivity contribution in [3.05, 3.63) is 0 Å². The minimum atomic E-state index is -0.748. The fraction of sp³-hybridized carbons (Fsp3) is 0.958. The lowest BCUT2D eigenvalue weighted by atomic mass is 9.43. The summed E-state index contributed by atoms with van der Waals surface area (Å²) in [5.41, 5.74) is -0.143. The van der Waals surface area contributed by atoms with E-state index < -0.39 is 12.1 Å². The van der Waals surface area contributed by atoms with Crippen molar-refractivity contribution in [3.63, 3.8) is 0 Å². The van der Waals surface area contributed by atoms with Crippen molar-refractivity contribution >= 4 is 5.97 Å². The highest BCUT2D eigenvalue weighted by molar-refractivity contribution is 5.66. The Balaban J connectivity index is 1.61. The third kappa shape index (κ3) is 3.27. The van der Waals surface area contributed by atoms with Crippen molar-refractivity contribution in [2.75, 3.05) is 0 Å². The van der Waals surface area contributed by atoms with Crippen LogP contribution in [0.15, 0.2) is 0 Å². The second-order valence-electron chi connectivity index (χ2n) is 11.4. The predicted molar refractivity (Wildman–Crippen MR) is 110 cm³/mol. The molecule has 0 aromatic carbocycles. The van der Waals surface area contributed by atoms with Gasteiger partial charge in [0.05, 0.1) is 18.3 Å². The van der Waals surface area contributed by atoms with Crippen LogP contribution < -0.4 is 0 Å². The molecule has 0 heterocycles. The van der Waals surface area contributed by atoms with Crippen LogP contribution in [0.25, 0.3) is 0 Å². The van der Waals surface area contributed by atoms with Crippen LogP contribution in [0.2, 0.25) is 0 Å². The molecule has 5 heteroatoms. The highest BCUT2D eigenvalue weighted by Crippen LogP contribution is 2.68. The van der Waals surface area contributed by atoms with E-state index in [4.69, 9.17) is 5.11 Å². The van der Waals surface area contributed by atoms with Crippen LogP contribution >= 0.6 is 0 Å². The van der Waals surface area contributed by atoms with E-state index in [9.17, 15) is 20.1 Å². The van der Waals surface area contributed by atoms with Gasteiger partial charge in [0.25, 0.3) is 0 Å². The van der Waals surface area contributed by atoms with Crippen LogP contribution in [0.4, 0.5) is 0 Å². The second-order valence-corrected chi connectivity index (χ2v) is 11.4. The molecule has 0 aliphatic heterocycles. The highest BCUT2D eigenvalue weighted by atomic mass is 16.4. The normalized spacial score (nSPS) is 52.9. The fourth-order valence-corrected chi connectivity index (χ4v) is 8.68. The lowest BCUT2D eigenvalue weighted by Gasteiger charge is -2.63. The molecule has 4 N–H and O–H groups in total. The predicted octanol–water partition coefficient (Wildman–Crippen LogP) is 3.45. The standard InChI is InChI=1S/C24H40O5/c1-13(4-7-21(28)29)16-5-6-17-22-18(12-20(27)24(16,17)3)23(2)9-8-15(25)10-14(23)11-19(22)26/h13-20,22,25-27H,4-12H2,1-3H3,(H,28,29)/t13-,14+,15+,16-,17+,18+,19-,20+,22+,23+,24-/m1/s1. The molecular formula is C24H40O5. The molecule has 4 aliphatic rings. The topological polar surface area (TPSA) is 98.0 Å². The number of rotatable bonds is 4. The number of aliphatic carboxylic acids is 1.